The van der Waals surface area contributed by atoms with Gasteiger partial charge < -0.3 is 19.5 Å². The molecule has 3 aromatic rings. The van der Waals surface area contributed by atoms with Crippen LogP contribution in [0, 0.1) is 0 Å². The molecule has 2 aliphatic heterocycles. The molecule has 0 radical (unpaired) electrons. The number of nitrogens with zero attached hydrogens (tertiary/aromatic N) is 4. The van der Waals surface area contributed by atoms with E-state index in [4.69, 9.17) is 17.0 Å². The summed E-state index contributed by atoms with van der Waals surface area (Å²) in [6.45, 7) is 5.34. The third-order valence-electron chi connectivity index (χ3n) is 6.13. The van der Waals surface area contributed by atoms with E-state index in [0.717, 1.165) is 60.4 Å². The molecule has 2 fully saturated rings. The van der Waals surface area contributed by atoms with Gasteiger partial charge in [0.2, 0.25) is 0 Å². The van der Waals surface area contributed by atoms with Crippen molar-refractivity contribution in [2.75, 3.05) is 39.4 Å². The molecule has 5 rings (SSSR count). The van der Waals surface area contributed by atoms with Crippen LogP contribution < -0.4 is 5.32 Å². The van der Waals surface area contributed by atoms with E-state index in [1.807, 2.05) is 24.4 Å². The number of nitrogens with one attached hydrogen (secondary N) is 1. The number of benzene rings is 1. The highest BCUT2D eigenvalue weighted by atomic mass is 79.9. The number of pyridine rings is 1. The van der Waals surface area contributed by atoms with Crippen molar-refractivity contribution in [2.45, 2.75) is 12.1 Å². The van der Waals surface area contributed by atoms with E-state index in [-0.39, 0.29) is 12.1 Å². The summed E-state index contributed by atoms with van der Waals surface area (Å²) >= 11 is 9.46. The van der Waals surface area contributed by atoms with Crippen LogP contribution in [0.4, 0.5) is 0 Å². The lowest BCUT2D eigenvalue weighted by molar-refractivity contribution is 0.0349. The Morgan fingerprint density at radius 3 is 2.72 bits per heavy atom. The Morgan fingerprint density at radius 1 is 1.06 bits per heavy atom. The average molecular weight is 512 g/mol. The number of hydrogen-bond acceptors (Lipinski definition) is 4. The summed E-state index contributed by atoms with van der Waals surface area (Å²) in [7, 11) is 0. The number of morpholine rings is 1. The van der Waals surface area contributed by atoms with Crippen molar-refractivity contribution in [3.8, 4) is 5.69 Å². The highest BCUT2D eigenvalue weighted by Gasteiger charge is 2.41. The second-order valence-corrected chi connectivity index (χ2v) is 9.36. The van der Waals surface area contributed by atoms with Gasteiger partial charge in [0.15, 0.2) is 5.11 Å². The molecular formula is C24H26BrN5OS. The zero-order valence-electron chi connectivity index (χ0n) is 17.7. The van der Waals surface area contributed by atoms with E-state index in [0.29, 0.717) is 0 Å². The highest BCUT2D eigenvalue weighted by Crippen LogP contribution is 2.39. The Labute approximate surface area is 202 Å². The molecule has 6 nitrogen and oxygen atoms in total. The van der Waals surface area contributed by atoms with Crippen molar-refractivity contribution in [2.24, 2.45) is 0 Å². The van der Waals surface area contributed by atoms with Gasteiger partial charge in [0.1, 0.15) is 0 Å². The molecule has 2 atom stereocenters. The summed E-state index contributed by atoms with van der Waals surface area (Å²) in [5.74, 6) is 0. The minimum atomic E-state index is -0.0193. The largest absolute Gasteiger partial charge is 0.379 e. The molecule has 0 unspecified atom stereocenters. The molecule has 0 saturated carbocycles. The molecule has 166 valence electrons. The summed E-state index contributed by atoms with van der Waals surface area (Å²) in [4.78, 5) is 9.44. The van der Waals surface area contributed by atoms with E-state index in [1.54, 1.807) is 0 Å². The summed E-state index contributed by atoms with van der Waals surface area (Å²) < 4.78 is 8.82. The normalized spacial score (nSPS) is 21.7. The van der Waals surface area contributed by atoms with E-state index in [1.165, 1.54) is 5.69 Å². The monoisotopic (exact) mass is 511 g/mol. The number of hydrogen-bond donors (Lipinski definition) is 1. The van der Waals surface area contributed by atoms with Crippen LogP contribution >= 0.6 is 28.1 Å². The van der Waals surface area contributed by atoms with Crippen LogP contribution in [0.2, 0.25) is 0 Å². The summed E-state index contributed by atoms with van der Waals surface area (Å²) in [5, 5.41) is 4.34. The Kier molecular flexibility index (Phi) is 6.54. The van der Waals surface area contributed by atoms with E-state index in [2.05, 4.69) is 83.2 Å². The quantitative estimate of drug-likeness (QED) is 0.505. The summed E-state index contributed by atoms with van der Waals surface area (Å²) in [6.07, 6.45) is 3.97. The first-order valence-electron chi connectivity index (χ1n) is 10.9. The molecule has 32 heavy (non-hydrogen) atoms. The van der Waals surface area contributed by atoms with Gasteiger partial charge in [-0.1, -0.05) is 28.1 Å². The fraction of sp³-hybridized carbons (Fsp3) is 0.333. The van der Waals surface area contributed by atoms with Crippen LogP contribution in [0.15, 0.2) is 71.5 Å². The standard InChI is InChI=1S/C24H26BrN5OS/c25-18-5-3-6-19(17-18)29-10-4-8-21(29)23-22(20-7-1-2-9-26-20)27-24(32)30(23)12-11-28-13-15-31-16-14-28/h1-10,17,22-23H,11-16H2,(H,27,32)/t22-,23-/m1/s1. The van der Waals surface area contributed by atoms with E-state index < -0.39 is 0 Å². The Hall–Kier alpha value is -2.26. The predicted octanol–water partition coefficient (Wildman–Crippen LogP) is 3.94. The van der Waals surface area contributed by atoms with Crippen molar-refractivity contribution >= 4 is 33.3 Å². The SMILES string of the molecule is S=C1N[C@H](c2ccccn2)[C@@H](c2cccn2-c2cccc(Br)c2)N1CCN1CCOCC1. The third-order valence-corrected chi connectivity index (χ3v) is 6.97. The fourth-order valence-electron chi connectivity index (χ4n) is 4.54. The van der Waals surface area contributed by atoms with Gasteiger partial charge in [-0.25, -0.2) is 0 Å². The first-order valence-corrected chi connectivity index (χ1v) is 12.1. The van der Waals surface area contributed by atoms with Gasteiger partial charge in [0, 0.05) is 54.4 Å². The maximum Gasteiger partial charge on any atom is 0.170 e. The Bertz CT molecular complexity index is 1070. The summed E-state index contributed by atoms with van der Waals surface area (Å²) in [6, 6.07) is 18.7. The van der Waals surface area contributed by atoms with E-state index >= 15 is 0 Å². The van der Waals surface area contributed by atoms with Crippen molar-refractivity contribution in [3.05, 3.63) is 82.9 Å². The molecule has 2 saturated heterocycles. The smallest absolute Gasteiger partial charge is 0.170 e. The molecule has 0 bridgehead atoms. The maximum absolute atomic E-state index is 5.84. The lowest BCUT2D eigenvalue weighted by atomic mass is 10.0. The maximum atomic E-state index is 5.84. The molecule has 1 aromatic carbocycles. The molecule has 0 amide bonds. The average Bonchev–Trinajstić information content (AvgIpc) is 3.43. The zero-order chi connectivity index (χ0) is 21.9. The van der Waals surface area contributed by atoms with Crippen LogP contribution in [-0.2, 0) is 4.74 Å². The topological polar surface area (TPSA) is 45.6 Å². The zero-order valence-corrected chi connectivity index (χ0v) is 20.1. The van der Waals surface area contributed by atoms with Crippen LogP contribution in [0.5, 0.6) is 0 Å². The first kappa shape index (κ1) is 21.6. The minimum absolute atomic E-state index is 0.0193. The molecule has 2 aromatic heterocycles. The predicted molar refractivity (Wildman–Crippen MR) is 133 cm³/mol. The fourth-order valence-corrected chi connectivity index (χ4v) is 5.26. The first-order chi connectivity index (χ1) is 15.7. The van der Waals surface area contributed by atoms with E-state index in [9.17, 15) is 0 Å². The molecule has 8 heteroatoms. The lowest BCUT2D eigenvalue weighted by Gasteiger charge is -2.32. The van der Waals surface area contributed by atoms with Gasteiger partial charge in [-0.3, -0.25) is 9.88 Å². The van der Waals surface area contributed by atoms with Crippen LogP contribution in [0.25, 0.3) is 5.69 Å². The molecule has 1 N–H and O–H groups in total. The molecular weight excluding hydrogens is 486 g/mol. The van der Waals surface area contributed by atoms with Gasteiger partial charge in [-0.05, 0) is 54.7 Å². The second kappa shape index (κ2) is 9.70. The van der Waals surface area contributed by atoms with Crippen LogP contribution in [0.3, 0.4) is 0 Å². The number of rotatable bonds is 6. The van der Waals surface area contributed by atoms with Crippen molar-refractivity contribution < 1.29 is 4.74 Å². The molecule has 0 aliphatic carbocycles. The molecule has 2 aliphatic rings. The lowest BCUT2D eigenvalue weighted by Crippen LogP contribution is -2.42. The second-order valence-electron chi connectivity index (χ2n) is 8.06. The summed E-state index contributed by atoms with van der Waals surface area (Å²) in [5.41, 5.74) is 3.30. The Morgan fingerprint density at radius 2 is 1.94 bits per heavy atom. The van der Waals surface area contributed by atoms with Crippen molar-refractivity contribution in [3.63, 3.8) is 0 Å². The van der Waals surface area contributed by atoms with Crippen molar-refractivity contribution in [1.29, 1.82) is 0 Å². The van der Waals surface area contributed by atoms with Crippen LogP contribution in [0.1, 0.15) is 23.5 Å². The van der Waals surface area contributed by atoms with Crippen LogP contribution in [-0.4, -0.2) is 63.9 Å². The number of halogens is 1. The third kappa shape index (κ3) is 4.45. The molecule has 4 heterocycles. The van der Waals surface area contributed by atoms with Gasteiger partial charge in [-0.2, -0.15) is 0 Å². The highest BCUT2D eigenvalue weighted by molar-refractivity contribution is 9.10. The van der Waals surface area contributed by atoms with Crippen molar-refractivity contribution in [1.82, 2.24) is 24.7 Å². The molecule has 0 spiro atoms. The van der Waals surface area contributed by atoms with Gasteiger partial charge in [0.25, 0.3) is 0 Å². The minimum Gasteiger partial charge on any atom is -0.379 e. The number of ether oxygens (including phenoxy) is 1. The van der Waals surface area contributed by atoms with Gasteiger partial charge in [0.05, 0.1) is 31.0 Å². The Balaban J connectivity index is 1.50. The van der Waals surface area contributed by atoms with Gasteiger partial charge in [-0.15, -0.1) is 0 Å². The van der Waals surface area contributed by atoms with Gasteiger partial charge >= 0.3 is 0 Å². The number of aromatic nitrogens is 2. The number of thiocarbonyl (C=S) groups is 1.